The highest BCUT2D eigenvalue weighted by Gasteiger charge is 2.12. The van der Waals surface area contributed by atoms with Crippen LogP contribution >= 0.6 is 22.9 Å². The van der Waals surface area contributed by atoms with Crippen molar-refractivity contribution in [2.45, 2.75) is 0 Å². The van der Waals surface area contributed by atoms with Crippen molar-refractivity contribution in [3.05, 3.63) is 69.0 Å². The van der Waals surface area contributed by atoms with Crippen LogP contribution in [0.25, 0.3) is 10.6 Å². The summed E-state index contributed by atoms with van der Waals surface area (Å²) in [4.78, 5) is 31.0. The average Bonchev–Trinajstić information content (AvgIpc) is 2.94. The van der Waals surface area contributed by atoms with Crippen molar-refractivity contribution >= 4 is 34.5 Å². The average molecular weight is 332 g/mol. The lowest BCUT2D eigenvalue weighted by Crippen LogP contribution is -2.20. The van der Waals surface area contributed by atoms with E-state index in [-0.39, 0.29) is 5.69 Å². The van der Waals surface area contributed by atoms with Gasteiger partial charge in [-0.25, -0.2) is 4.79 Å². The fourth-order valence-corrected chi connectivity index (χ4v) is 2.90. The lowest BCUT2D eigenvalue weighted by atomic mass is 10.2. The third-order valence-corrected chi connectivity index (χ3v) is 4.11. The summed E-state index contributed by atoms with van der Waals surface area (Å²) in [6.07, 6.45) is 0. The zero-order chi connectivity index (χ0) is 15.5. The van der Waals surface area contributed by atoms with Crippen molar-refractivity contribution in [3.63, 3.8) is 0 Å². The van der Waals surface area contributed by atoms with Crippen LogP contribution in [-0.2, 0) is 0 Å². The molecule has 2 heterocycles. The highest BCUT2D eigenvalue weighted by Crippen LogP contribution is 2.29. The fourth-order valence-electron chi connectivity index (χ4n) is 1.88. The number of aromatic nitrogens is 2. The van der Waals surface area contributed by atoms with Gasteiger partial charge in [-0.15, -0.1) is 11.3 Å². The van der Waals surface area contributed by atoms with E-state index in [1.54, 1.807) is 36.4 Å². The molecular weight excluding hydrogens is 322 g/mol. The summed E-state index contributed by atoms with van der Waals surface area (Å²) < 4.78 is 0.600. The van der Waals surface area contributed by atoms with Gasteiger partial charge in [0.1, 0.15) is 5.69 Å². The molecule has 0 saturated heterocycles. The van der Waals surface area contributed by atoms with Gasteiger partial charge >= 0.3 is 5.69 Å². The van der Waals surface area contributed by atoms with Crippen molar-refractivity contribution in [2.75, 3.05) is 5.32 Å². The van der Waals surface area contributed by atoms with Crippen LogP contribution in [0, 0.1) is 0 Å². The van der Waals surface area contributed by atoms with Gasteiger partial charge < -0.3 is 10.3 Å². The Morgan fingerprint density at radius 3 is 2.64 bits per heavy atom. The third kappa shape index (κ3) is 3.24. The maximum Gasteiger partial charge on any atom is 0.346 e. The van der Waals surface area contributed by atoms with Gasteiger partial charge in [0.25, 0.3) is 5.91 Å². The SMILES string of the molecule is O=C(Nc1ccccc1)c1cc(-c2ccc(Cl)s2)[nH]c(=O)n1. The minimum absolute atomic E-state index is 0.0483. The molecule has 0 fully saturated rings. The highest BCUT2D eigenvalue weighted by molar-refractivity contribution is 7.19. The van der Waals surface area contributed by atoms with E-state index in [4.69, 9.17) is 11.6 Å². The Morgan fingerprint density at radius 1 is 1.18 bits per heavy atom. The highest BCUT2D eigenvalue weighted by atomic mass is 35.5. The van der Waals surface area contributed by atoms with Gasteiger partial charge in [0.2, 0.25) is 0 Å². The number of carbonyl (C=O) groups excluding carboxylic acids is 1. The number of amides is 1. The van der Waals surface area contributed by atoms with Crippen molar-refractivity contribution in [2.24, 2.45) is 0 Å². The van der Waals surface area contributed by atoms with E-state index >= 15 is 0 Å². The Hall–Kier alpha value is -2.44. The quantitative estimate of drug-likeness (QED) is 0.772. The first-order chi connectivity index (χ1) is 10.6. The second-order valence-corrected chi connectivity index (χ2v) is 6.12. The molecule has 2 N–H and O–H groups in total. The Labute approximate surface area is 134 Å². The van der Waals surface area contributed by atoms with Crippen molar-refractivity contribution in [1.29, 1.82) is 0 Å². The van der Waals surface area contributed by atoms with Crippen molar-refractivity contribution in [3.8, 4) is 10.6 Å². The van der Waals surface area contributed by atoms with Gasteiger partial charge in [-0.1, -0.05) is 29.8 Å². The number of benzene rings is 1. The first-order valence-electron chi connectivity index (χ1n) is 6.35. The second kappa shape index (κ2) is 6.13. The molecule has 0 saturated carbocycles. The Kier molecular flexibility index (Phi) is 4.04. The van der Waals surface area contributed by atoms with E-state index in [0.717, 1.165) is 4.88 Å². The summed E-state index contributed by atoms with van der Waals surface area (Å²) in [5, 5.41) is 2.69. The zero-order valence-corrected chi connectivity index (χ0v) is 12.7. The zero-order valence-electron chi connectivity index (χ0n) is 11.2. The Morgan fingerprint density at radius 2 is 1.95 bits per heavy atom. The van der Waals surface area contributed by atoms with Gasteiger partial charge in [-0.05, 0) is 30.3 Å². The lowest BCUT2D eigenvalue weighted by molar-refractivity contribution is 0.102. The molecule has 3 rings (SSSR count). The number of halogens is 1. The normalized spacial score (nSPS) is 10.4. The smallest absolute Gasteiger partial charge is 0.321 e. The molecule has 0 aliphatic carbocycles. The van der Waals surface area contributed by atoms with Gasteiger partial charge in [-0.2, -0.15) is 4.98 Å². The molecule has 110 valence electrons. The second-order valence-electron chi connectivity index (χ2n) is 4.41. The van der Waals surface area contributed by atoms with E-state index in [9.17, 15) is 9.59 Å². The number of nitrogens with one attached hydrogen (secondary N) is 2. The number of H-pyrrole nitrogens is 1. The lowest BCUT2D eigenvalue weighted by Gasteiger charge is -2.05. The number of anilines is 1. The maximum atomic E-state index is 12.2. The van der Waals surface area contributed by atoms with Crippen LogP contribution in [-0.4, -0.2) is 15.9 Å². The number of hydrogen-bond donors (Lipinski definition) is 2. The van der Waals surface area contributed by atoms with E-state index in [1.807, 2.05) is 6.07 Å². The third-order valence-electron chi connectivity index (χ3n) is 2.85. The van der Waals surface area contributed by atoms with E-state index in [2.05, 4.69) is 15.3 Å². The molecule has 1 aromatic carbocycles. The van der Waals surface area contributed by atoms with Crippen molar-refractivity contribution < 1.29 is 4.79 Å². The molecule has 0 atom stereocenters. The molecule has 0 aliphatic heterocycles. The number of aromatic amines is 1. The molecule has 3 aromatic rings. The summed E-state index contributed by atoms with van der Waals surface area (Å²) in [7, 11) is 0. The van der Waals surface area contributed by atoms with Crippen LogP contribution in [0.4, 0.5) is 5.69 Å². The standard InChI is InChI=1S/C15H10ClN3O2S/c16-13-7-6-12(22-13)10-8-11(19-15(21)18-10)14(20)17-9-4-2-1-3-5-9/h1-8H,(H,17,20)(H,18,19,21). The molecule has 0 bridgehead atoms. The minimum Gasteiger partial charge on any atom is -0.321 e. The molecule has 0 spiro atoms. The van der Waals surface area contributed by atoms with Gasteiger partial charge in [-0.3, -0.25) is 4.79 Å². The Bertz CT molecular complexity index is 874. The minimum atomic E-state index is -0.583. The topological polar surface area (TPSA) is 74.8 Å². The molecular formula is C15H10ClN3O2S. The molecule has 0 radical (unpaired) electrons. The molecule has 2 aromatic heterocycles. The Balaban J connectivity index is 1.92. The summed E-state index contributed by atoms with van der Waals surface area (Å²) in [6.45, 7) is 0. The van der Waals surface area contributed by atoms with Gasteiger partial charge in [0.05, 0.1) is 14.9 Å². The van der Waals surface area contributed by atoms with E-state index in [0.29, 0.717) is 15.7 Å². The molecule has 22 heavy (non-hydrogen) atoms. The fraction of sp³-hybridized carbons (Fsp3) is 0. The molecule has 7 heteroatoms. The first-order valence-corrected chi connectivity index (χ1v) is 7.55. The van der Waals surface area contributed by atoms with E-state index in [1.165, 1.54) is 17.4 Å². The van der Waals surface area contributed by atoms with Crippen LogP contribution in [0.15, 0.2) is 53.3 Å². The summed E-state index contributed by atoms with van der Waals surface area (Å²) >= 11 is 7.20. The summed E-state index contributed by atoms with van der Waals surface area (Å²) in [5.41, 5.74) is 0.609. The number of rotatable bonds is 3. The number of hydrogen-bond acceptors (Lipinski definition) is 4. The van der Waals surface area contributed by atoms with Crippen LogP contribution < -0.4 is 11.0 Å². The predicted octanol–water partition coefficient (Wildman–Crippen LogP) is 3.40. The van der Waals surface area contributed by atoms with Gasteiger partial charge in [0, 0.05) is 5.69 Å². The molecule has 1 amide bonds. The van der Waals surface area contributed by atoms with E-state index < -0.39 is 11.6 Å². The number of nitrogens with zero attached hydrogens (tertiary/aromatic N) is 1. The van der Waals surface area contributed by atoms with Crippen LogP contribution in [0.3, 0.4) is 0 Å². The van der Waals surface area contributed by atoms with Crippen LogP contribution in [0.5, 0.6) is 0 Å². The molecule has 0 unspecified atom stereocenters. The van der Waals surface area contributed by atoms with Crippen LogP contribution in [0.2, 0.25) is 4.34 Å². The number of para-hydroxylation sites is 1. The number of thiophene rings is 1. The number of carbonyl (C=O) groups is 1. The van der Waals surface area contributed by atoms with Gasteiger partial charge in [0.15, 0.2) is 0 Å². The monoisotopic (exact) mass is 331 g/mol. The maximum absolute atomic E-state index is 12.2. The first kappa shape index (κ1) is 14.5. The molecule has 5 nitrogen and oxygen atoms in total. The van der Waals surface area contributed by atoms with Crippen LogP contribution in [0.1, 0.15) is 10.5 Å². The van der Waals surface area contributed by atoms with Crippen molar-refractivity contribution in [1.82, 2.24) is 9.97 Å². The largest absolute Gasteiger partial charge is 0.346 e. The molecule has 0 aliphatic rings. The summed E-state index contributed by atoms with van der Waals surface area (Å²) in [5.74, 6) is -0.443. The summed E-state index contributed by atoms with van der Waals surface area (Å²) in [6, 6.07) is 14.0. The predicted molar refractivity (Wildman–Crippen MR) is 87.6 cm³/mol.